The number of rotatable bonds is 2. The summed E-state index contributed by atoms with van der Waals surface area (Å²) >= 11 is 0. The van der Waals surface area contributed by atoms with Crippen molar-refractivity contribution >= 4 is 17.1 Å². The predicted octanol–water partition coefficient (Wildman–Crippen LogP) is 4.25. The number of alkyl halides is 3. The molecule has 0 N–H and O–H groups in total. The van der Waals surface area contributed by atoms with Crippen molar-refractivity contribution in [2.45, 2.75) is 25.9 Å². The molecule has 0 spiro atoms. The van der Waals surface area contributed by atoms with Crippen molar-refractivity contribution in [2.75, 3.05) is 19.1 Å². The highest BCUT2D eigenvalue weighted by atomic mass is 19.4. The molecule has 1 aromatic carbocycles. The van der Waals surface area contributed by atoms with Crippen molar-refractivity contribution in [3.63, 3.8) is 0 Å². The number of methoxy groups -OCH3 is 1. The van der Waals surface area contributed by atoms with E-state index >= 15 is 0 Å². The number of hydrogen-bond acceptors (Lipinski definition) is 3. The van der Waals surface area contributed by atoms with Crippen LogP contribution in [-0.4, -0.2) is 29.7 Å². The number of pyridine rings is 1. The second-order valence-corrected chi connectivity index (χ2v) is 6.82. The van der Waals surface area contributed by atoms with Gasteiger partial charge in [0.15, 0.2) is 5.69 Å². The van der Waals surface area contributed by atoms with Crippen LogP contribution in [0.4, 0.5) is 18.9 Å². The maximum atomic E-state index is 13.4. The van der Waals surface area contributed by atoms with Crippen LogP contribution in [0.5, 0.6) is 5.88 Å². The van der Waals surface area contributed by atoms with E-state index in [9.17, 15) is 18.0 Å². The molecule has 1 aliphatic rings. The Morgan fingerprint density at radius 2 is 1.89 bits per heavy atom. The van der Waals surface area contributed by atoms with Crippen LogP contribution in [0, 0.1) is 6.92 Å². The van der Waals surface area contributed by atoms with Crippen LogP contribution in [-0.2, 0) is 17.4 Å². The SMILES string of the molecule is COc1ccc(-c2ccc3c(c2)CCC(=O)N3C)c2c(C)c(C(F)(F)F)nn12. The summed E-state index contributed by atoms with van der Waals surface area (Å²) in [6.45, 7) is 1.42. The van der Waals surface area contributed by atoms with E-state index in [-0.39, 0.29) is 17.4 Å². The number of aromatic nitrogens is 2. The minimum absolute atomic E-state index is 0.0476. The molecule has 4 rings (SSSR count). The monoisotopic (exact) mass is 389 g/mol. The van der Waals surface area contributed by atoms with E-state index in [0.717, 1.165) is 16.8 Å². The highest BCUT2D eigenvalue weighted by Gasteiger charge is 2.37. The van der Waals surface area contributed by atoms with Crippen LogP contribution in [0.15, 0.2) is 30.3 Å². The number of hydrogen-bond donors (Lipinski definition) is 0. The molecular formula is C20H18F3N3O2. The number of carbonyl (C=O) groups excluding carboxylic acids is 1. The summed E-state index contributed by atoms with van der Waals surface area (Å²) in [5, 5.41) is 3.76. The maximum absolute atomic E-state index is 13.4. The van der Waals surface area contributed by atoms with Gasteiger partial charge in [0.2, 0.25) is 11.8 Å². The Bertz CT molecular complexity index is 1100. The molecule has 2 aromatic heterocycles. The topological polar surface area (TPSA) is 46.8 Å². The quantitative estimate of drug-likeness (QED) is 0.659. The lowest BCUT2D eigenvalue weighted by Crippen LogP contribution is -2.30. The van der Waals surface area contributed by atoms with Crippen LogP contribution in [0.2, 0.25) is 0 Å². The summed E-state index contributed by atoms with van der Waals surface area (Å²) < 4.78 is 46.6. The van der Waals surface area contributed by atoms with E-state index in [1.54, 1.807) is 24.1 Å². The molecule has 146 valence electrons. The first-order valence-corrected chi connectivity index (χ1v) is 8.75. The van der Waals surface area contributed by atoms with E-state index in [2.05, 4.69) is 5.10 Å². The van der Waals surface area contributed by atoms with Gasteiger partial charge in [-0.2, -0.15) is 22.8 Å². The van der Waals surface area contributed by atoms with Gasteiger partial charge in [0.25, 0.3) is 0 Å². The van der Waals surface area contributed by atoms with Crippen molar-refractivity contribution in [3.8, 4) is 17.0 Å². The number of carbonyl (C=O) groups is 1. The van der Waals surface area contributed by atoms with Crippen molar-refractivity contribution in [3.05, 3.63) is 47.2 Å². The lowest BCUT2D eigenvalue weighted by Gasteiger charge is -2.26. The van der Waals surface area contributed by atoms with Gasteiger partial charge in [0.1, 0.15) is 0 Å². The summed E-state index contributed by atoms with van der Waals surface area (Å²) in [5.74, 6) is 0.272. The lowest BCUT2D eigenvalue weighted by atomic mass is 9.95. The third-order valence-electron chi connectivity index (χ3n) is 5.19. The molecule has 1 amide bonds. The summed E-state index contributed by atoms with van der Waals surface area (Å²) in [6, 6.07) is 8.92. The Balaban J connectivity index is 1.95. The first kappa shape index (κ1) is 18.3. The number of benzene rings is 1. The van der Waals surface area contributed by atoms with Gasteiger partial charge < -0.3 is 9.64 Å². The number of anilines is 1. The van der Waals surface area contributed by atoms with E-state index < -0.39 is 11.9 Å². The van der Waals surface area contributed by atoms with Gasteiger partial charge in [-0.1, -0.05) is 6.07 Å². The minimum Gasteiger partial charge on any atom is -0.481 e. The average molecular weight is 389 g/mol. The molecule has 3 aromatic rings. The molecule has 0 radical (unpaired) electrons. The second-order valence-electron chi connectivity index (χ2n) is 6.82. The summed E-state index contributed by atoms with van der Waals surface area (Å²) in [7, 11) is 3.12. The number of amides is 1. The Morgan fingerprint density at radius 1 is 1.14 bits per heavy atom. The molecule has 0 atom stereocenters. The first-order chi connectivity index (χ1) is 13.2. The van der Waals surface area contributed by atoms with Gasteiger partial charge in [0, 0.05) is 36.3 Å². The molecule has 28 heavy (non-hydrogen) atoms. The zero-order chi connectivity index (χ0) is 20.2. The molecule has 0 aliphatic carbocycles. The molecule has 0 fully saturated rings. The first-order valence-electron chi connectivity index (χ1n) is 8.75. The third-order valence-corrected chi connectivity index (χ3v) is 5.19. The lowest BCUT2D eigenvalue weighted by molar-refractivity contribution is -0.141. The summed E-state index contributed by atoms with van der Waals surface area (Å²) in [4.78, 5) is 13.5. The Kier molecular flexibility index (Phi) is 4.10. The van der Waals surface area contributed by atoms with Crippen molar-refractivity contribution in [1.82, 2.24) is 9.61 Å². The van der Waals surface area contributed by atoms with Crippen LogP contribution >= 0.6 is 0 Å². The number of aryl methyl sites for hydroxylation is 2. The summed E-state index contributed by atoms with van der Waals surface area (Å²) in [6.07, 6.45) is -3.54. The molecule has 1 aliphatic heterocycles. The molecule has 0 saturated carbocycles. The predicted molar refractivity (Wildman–Crippen MR) is 98.7 cm³/mol. The smallest absolute Gasteiger partial charge is 0.435 e. The molecule has 0 unspecified atom stereocenters. The van der Waals surface area contributed by atoms with Crippen molar-refractivity contribution in [1.29, 1.82) is 0 Å². The van der Waals surface area contributed by atoms with Crippen LogP contribution in [0.1, 0.15) is 23.2 Å². The Morgan fingerprint density at radius 3 is 2.57 bits per heavy atom. The van der Waals surface area contributed by atoms with Gasteiger partial charge in [-0.3, -0.25) is 4.79 Å². The van der Waals surface area contributed by atoms with Gasteiger partial charge in [0.05, 0.1) is 12.6 Å². The third kappa shape index (κ3) is 2.71. The van der Waals surface area contributed by atoms with Crippen LogP contribution < -0.4 is 9.64 Å². The normalized spacial score (nSPS) is 14.5. The molecular weight excluding hydrogens is 371 g/mol. The number of nitrogens with zero attached hydrogens (tertiary/aromatic N) is 3. The maximum Gasteiger partial charge on any atom is 0.435 e. The van der Waals surface area contributed by atoms with Gasteiger partial charge in [-0.15, -0.1) is 0 Å². The minimum atomic E-state index is -4.56. The molecule has 0 saturated heterocycles. The van der Waals surface area contributed by atoms with Gasteiger partial charge in [-0.25, -0.2) is 0 Å². The zero-order valence-electron chi connectivity index (χ0n) is 15.6. The molecule has 3 heterocycles. The van der Waals surface area contributed by atoms with E-state index in [1.165, 1.54) is 18.5 Å². The molecule has 5 nitrogen and oxygen atoms in total. The van der Waals surface area contributed by atoms with Crippen LogP contribution in [0.3, 0.4) is 0 Å². The number of fused-ring (bicyclic) bond motifs is 2. The molecule has 0 bridgehead atoms. The van der Waals surface area contributed by atoms with Crippen LogP contribution in [0.25, 0.3) is 16.6 Å². The summed E-state index contributed by atoms with van der Waals surface area (Å²) in [5.41, 5.74) is 2.68. The Labute approximate surface area is 159 Å². The fourth-order valence-electron chi connectivity index (χ4n) is 3.76. The van der Waals surface area contributed by atoms with E-state index in [4.69, 9.17) is 4.74 Å². The number of halogens is 3. The highest BCUT2D eigenvalue weighted by molar-refractivity contribution is 5.96. The van der Waals surface area contributed by atoms with E-state index in [1.807, 2.05) is 18.2 Å². The van der Waals surface area contributed by atoms with Crippen molar-refractivity contribution < 1.29 is 22.7 Å². The fraction of sp³-hybridized carbons (Fsp3) is 0.300. The van der Waals surface area contributed by atoms with Gasteiger partial charge >= 0.3 is 6.18 Å². The highest BCUT2D eigenvalue weighted by Crippen LogP contribution is 2.39. The molecule has 8 heteroatoms. The average Bonchev–Trinajstić information content (AvgIpc) is 3.02. The Hall–Kier alpha value is -3.03. The standard InChI is InChI=1S/C20H18F3N3O2/c1-11-18-14(6-9-17(28-3)26(18)24-19(11)20(21,22)23)12-4-7-15-13(10-12)5-8-16(27)25(15)2/h4,6-7,9-10H,5,8H2,1-3H3. The van der Waals surface area contributed by atoms with Crippen molar-refractivity contribution in [2.24, 2.45) is 0 Å². The van der Waals surface area contributed by atoms with Gasteiger partial charge in [-0.05, 0) is 42.7 Å². The zero-order valence-corrected chi connectivity index (χ0v) is 15.6. The van der Waals surface area contributed by atoms with E-state index in [0.29, 0.717) is 23.9 Å². The fourth-order valence-corrected chi connectivity index (χ4v) is 3.76. The largest absolute Gasteiger partial charge is 0.481 e. The number of ether oxygens (including phenoxy) is 1. The second kappa shape index (κ2) is 6.25.